The quantitative estimate of drug-likeness (QED) is 0.238. The van der Waals surface area contributed by atoms with Gasteiger partial charge in [0.1, 0.15) is 11.3 Å². The number of phenols is 1. The van der Waals surface area contributed by atoms with Crippen molar-refractivity contribution in [2.75, 3.05) is 0 Å². The van der Waals surface area contributed by atoms with Crippen LogP contribution < -0.4 is 11.1 Å². The van der Waals surface area contributed by atoms with E-state index in [2.05, 4.69) is 5.32 Å². The molecule has 0 bridgehead atoms. The van der Waals surface area contributed by atoms with Gasteiger partial charge in [0.05, 0.1) is 5.94 Å². The fourth-order valence-electron chi connectivity index (χ4n) is 2.49. The summed E-state index contributed by atoms with van der Waals surface area (Å²) in [6, 6.07) is 10.6. The molecule has 154 valence electrons. The fraction of sp³-hybridized carbons (Fsp3) is 0.167. The van der Waals surface area contributed by atoms with E-state index in [0.29, 0.717) is 5.56 Å². The first-order chi connectivity index (χ1) is 13.7. The van der Waals surface area contributed by atoms with Crippen LogP contribution in [0.4, 0.5) is 0 Å². The molecule has 0 aliphatic carbocycles. The van der Waals surface area contributed by atoms with Crippen molar-refractivity contribution in [3.8, 4) is 5.75 Å². The van der Waals surface area contributed by atoms with E-state index in [1.807, 2.05) is 0 Å². The summed E-state index contributed by atoms with van der Waals surface area (Å²) in [6.07, 6.45) is -0.174. The largest absolute Gasteiger partial charge is 0.507 e. The number of carbonyl (C=O) groups excluding carboxylic acids is 1. The zero-order valence-corrected chi connectivity index (χ0v) is 15.2. The van der Waals surface area contributed by atoms with Crippen LogP contribution in [0.3, 0.4) is 0 Å². The van der Waals surface area contributed by atoms with Gasteiger partial charge in [-0.3, -0.25) is 9.59 Å². The second kappa shape index (κ2) is 11.4. The van der Waals surface area contributed by atoms with E-state index in [-0.39, 0.29) is 30.6 Å². The number of benzene rings is 2. The average Bonchev–Trinajstić information content (AvgIpc) is 2.69. The molecule has 1 atom stereocenters. The van der Waals surface area contributed by atoms with E-state index in [1.165, 1.54) is 18.2 Å². The highest BCUT2D eigenvalue weighted by atomic mass is 16.4. The van der Waals surface area contributed by atoms with Crippen LogP contribution in [0, 0.1) is 0 Å². The van der Waals surface area contributed by atoms with Crippen LogP contribution in [0.25, 0.3) is 0 Å². The Bertz CT molecular complexity index is 860. The first-order valence-electron chi connectivity index (χ1n) is 8.33. The van der Waals surface area contributed by atoms with Crippen LogP contribution in [0.5, 0.6) is 5.75 Å². The highest BCUT2D eigenvalue weighted by molar-refractivity contribution is 6.43. The molecular formula is C18H21BN2O8. The standard InChI is InChI=1S/C17H19BN2O6.CH2O2/c19-9-10-3-1-5-12(7-10)16(22)20-14(18(25)26)8-11-4-2-6-13(15(11)21)17(23)24;2-1-3/h1-7,14,21,25-26H,8-9,19H2,(H,20,22)(H,23,24);1H,(H,2,3)/t14-;/m0./s1. The zero-order valence-electron chi connectivity index (χ0n) is 15.2. The molecular weight excluding hydrogens is 383 g/mol. The Morgan fingerprint density at radius 1 is 1.17 bits per heavy atom. The van der Waals surface area contributed by atoms with Crippen LogP contribution in [-0.4, -0.2) is 56.8 Å². The third kappa shape index (κ3) is 6.92. The molecule has 0 aliphatic rings. The van der Waals surface area contributed by atoms with Crippen molar-refractivity contribution in [2.45, 2.75) is 18.9 Å². The maximum atomic E-state index is 12.3. The Kier molecular flexibility index (Phi) is 9.32. The van der Waals surface area contributed by atoms with E-state index in [1.54, 1.807) is 24.3 Å². The topological polar surface area (TPSA) is 190 Å². The van der Waals surface area contributed by atoms with Gasteiger partial charge in [0.25, 0.3) is 12.4 Å². The highest BCUT2D eigenvalue weighted by Crippen LogP contribution is 2.24. The molecule has 0 aromatic heterocycles. The molecule has 0 unspecified atom stereocenters. The molecule has 0 fully saturated rings. The van der Waals surface area contributed by atoms with Crippen LogP contribution in [0.2, 0.25) is 0 Å². The minimum absolute atomic E-state index is 0.166. The van der Waals surface area contributed by atoms with Gasteiger partial charge in [0.15, 0.2) is 0 Å². The van der Waals surface area contributed by atoms with E-state index < -0.39 is 30.7 Å². The Morgan fingerprint density at radius 2 is 1.79 bits per heavy atom. The number of nitrogens with two attached hydrogens (primary N) is 1. The van der Waals surface area contributed by atoms with Gasteiger partial charge in [-0.25, -0.2) is 4.79 Å². The van der Waals surface area contributed by atoms with Crippen molar-refractivity contribution in [1.29, 1.82) is 0 Å². The number of hydrogen-bond acceptors (Lipinski definition) is 7. The third-order valence-electron chi connectivity index (χ3n) is 3.89. The summed E-state index contributed by atoms with van der Waals surface area (Å²) < 4.78 is 0. The smallest absolute Gasteiger partial charge is 0.475 e. The number of carboxylic acids is 1. The van der Waals surface area contributed by atoms with Crippen LogP contribution in [0.15, 0.2) is 42.5 Å². The van der Waals surface area contributed by atoms with Crippen LogP contribution >= 0.6 is 0 Å². The van der Waals surface area contributed by atoms with Crippen molar-refractivity contribution >= 4 is 25.5 Å². The van der Waals surface area contributed by atoms with E-state index in [9.17, 15) is 24.7 Å². The van der Waals surface area contributed by atoms with Gasteiger partial charge in [-0.15, -0.1) is 0 Å². The summed E-state index contributed by atoms with van der Waals surface area (Å²) >= 11 is 0. The minimum Gasteiger partial charge on any atom is -0.507 e. The van der Waals surface area contributed by atoms with Crippen molar-refractivity contribution in [3.63, 3.8) is 0 Å². The number of aromatic carboxylic acids is 1. The predicted molar refractivity (Wildman–Crippen MR) is 103 cm³/mol. The summed E-state index contributed by atoms with van der Waals surface area (Å²) in [5, 5.41) is 47.6. The molecule has 2 aromatic rings. The number of para-hydroxylation sites is 1. The SMILES string of the molecule is NCc1cccc(C(=O)N[C@@H](Cc2cccc(C(=O)O)c2O)B(O)O)c1.O=CO. The third-order valence-corrected chi connectivity index (χ3v) is 3.89. The minimum atomic E-state index is -1.91. The molecule has 0 spiro atoms. The molecule has 0 saturated carbocycles. The number of carbonyl (C=O) groups is 3. The summed E-state index contributed by atoms with van der Waals surface area (Å²) in [4.78, 5) is 31.8. The van der Waals surface area contributed by atoms with Gasteiger partial charge in [-0.2, -0.15) is 0 Å². The number of amides is 1. The summed E-state index contributed by atoms with van der Waals surface area (Å²) in [7, 11) is -1.91. The molecule has 10 nitrogen and oxygen atoms in total. The second-order valence-electron chi connectivity index (χ2n) is 5.83. The molecule has 11 heteroatoms. The molecule has 2 rings (SSSR count). The van der Waals surface area contributed by atoms with Crippen molar-refractivity contribution in [1.82, 2.24) is 5.32 Å². The molecule has 0 aliphatic heterocycles. The summed E-state index contributed by atoms with van der Waals surface area (Å²) in [5.41, 5.74) is 6.43. The normalized spacial score (nSPS) is 10.9. The van der Waals surface area contributed by atoms with Gasteiger partial charge >= 0.3 is 13.1 Å². The average molecular weight is 404 g/mol. The lowest BCUT2D eigenvalue weighted by atomic mass is 9.75. The molecule has 0 radical (unpaired) electrons. The lowest BCUT2D eigenvalue weighted by Gasteiger charge is -2.19. The van der Waals surface area contributed by atoms with Crippen molar-refractivity contribution < 1.29 is 39.8 Å². The lowest BCUT2D eigenvalue weighted by molar-refractivity contribution is -0.122. The molecule has 29 heavy (non-hydrogen) atoms. The van der Waals surface area contributed by atoms with Crippen LogP contribution in [0.1, 0.15) is 31.8 Å². The highest BCUT2D eigenvalue weighted by Gasteiger charge is 2.28. The summed E-state index contributed by atoms with van der Waals surface area (Å²) in [6.45, 7) is 0.00300. The Hall–Kier alpha value is -3.41. The number of rotatable bonds is 7. The number of nitrogens with one attached hydrogen (secondary N) is 1. The van der Waals surface area contributed by atoms with E-state index in [4.69, 9.17) is 20.7 Å². The Labute approximate surface area is 166 Å². The predicted octanol–water partition coefficient (Wildman–Crippen LogP) is -0.397. The van der Waals surface area contributed by atoms with Gasteiger partial charge in [-0.1, -0.05) is 24.3 Å². The lowest BCUT2D eigenvalue weighted by Crippen LogP contribution is -2.48. The maximum Gasteiger partial charge on any atom is 0.475 e. The maximum absolute atomic E-state index is 12.3. The zero-order chi connectivity index (χ0) is 22.0. The van der Waals surface area contributed by atoms with Crippen LogP contribution in [-0.2, 0) is 17.8 Å². The van der Waals surface area contributed by atoms with Gasteiger partial charge in [0.2, 0.25) is 0 Å². The molecule has 0 heterocycles. The Morgan fingerprint density at radius 3 is 2.34 bits per heavy atom. The molecule has 2 aromatic carbocycles. The monoisotopic (exact) mass is 404 g/mol. The summed E-state index contributed by atoms with van der Waals surface area (Å²) in [5.74, 6) is -3.50. The molecule has 8 N–H and O–H groups in total. The molecule has 1 amide bonds. The van der Waals surface area contributed by atoms with Crippen molar-refractivity contribution in [2.24, 2.45) is 5.73 Å². The molecule has 0 saturated heterocycles. The first-order valence-corrected chi connectivity index (χ1v) is 8.33. The van der Waals surface area contributed by atoms with E-state index >= 15 is 0 Å². The second-order valence-corrected chi connectivity index (χ2v) is 5.83. The fourth-order valence-corrected chi connectivity index (χ4v) is 2.49. The van der Waals surface area contributed by atoms with Gasteiger partial charge < -0.3 is 36.4 Å². The first kappa shape index (κ1) is 23.6. The number of hydrogen-bond donors (Lipinski definition) is 7. The van der Waals surface area contributed by atoms with Gasteiger partial charge in [-0.05, 0) is 35.7 Å². The van der Waals surface area contributed by atoms with Gasteiger partial charge in [0, 0.05) is 12.1 Å². The van der Waals surface area contributed by atoms with E-state index in [0.717, 1.165) is 5.56 Å². The van der Waals surface area contributed by atoms with Crippen molar-refractivity contribution in [3.05, 3.63) is 64.7 Å². The number of aromatic hydroxyl groups is 1. The Balaban J connectivity index is 0.00000132. The number of carboxylic acid groups (broad SMARTS) is 2.